The van der Waals surface area contributed by atoms with E-state index in [1.165, 1.54) is 0 Å². The lowest BCUT2D eigenvalue weighted by Crippen LogP contribution is -1.69. The van der Waals surface area contributed by atoms with Crippen LogP contribution in [0, 0.1) is 6.42 Å². The Balaban J connectivity index is 0.000000640. The smallest absolute Gasteiger partial charge is 0.469 e. The van der Waals surface area contributed by atoms with E-state index >= 15 is 0 Å². The Bertz CT molecular complexity index is 135. The first-order chi connectivity index (χ1) is 3.93. The SMILES string of the molecule is CC[CH]c1ccco1.[H+]. The number of hydrogen-bond acceptors (Lipinski definition) is 1. The van der Waals surface area contributed by atoms with Crippen molar-refractivity contribution in [3.05, 3.63) is 30.6 Å². The first-order valence-corrected chi connectivity index (χ1v) is 2.80. The summed E-state index contributed by atoms with van der Waals surface area (Å²) >= 11 is 0. The molecular formula is C7H10O+. The van der Waals surface area contributed by atoms with E-state index in [1.807, 2.05) is 18.6 Å². The zero-order valence-corrected chi connectivity index (χ0v) is 4.92. The molecule has 0 saturated heterocycles. The topological polar surface area (TPSA) is 13.1 Å². The summed E-state index contributed by atoms with van der Waals surface area (Å²) in [5, 5.41) is 0. The molecule has 1 nitrogen and oxygen atoms in total. The summed E-state index contributed by atoms with van der Waals surface area (Å²) in [5.41, 5.74) is 0. The highest BCUT2D eigenvalue weighted by Crippen LogP contribution is 2.04. The largest absolute Gasteiger partial charge is 1.00 e. The molecule has 1 rings (SSSR count). The van der Waals surface area contributed by atoms with Gasteiger partial charge in [0.05, 0.1) is 6.26 Å². The van der Waals surface area contributed by atoms with E-state index in [1.54, 1.807) is 6.26 Å². The lowest BCUT2D eigenvalue weighted by molar-refractivity contribution is 0.536. The van der Waals surface area contributed by atoms with Crippen molar-refractivity contribution in [3.8, 4) is 0 Å². The summed E-state index contributed by atoms with van der Waals surface area (Å²) in [6, 6.07) is 3.84. The van der Waals surface area contributed by atoms with E-state index in [9.17, 15) is 0 Å². The van der Waals surface area contributed by atoms with Crippen LogP contribution in [-0.4, -0.2) is 0 Å². The molecule has 1 heterocycles. The minimum absolute atomic E-state index is 0. The van der Waals surface area contributed by atoms with Crippen LogP contribution in [0.25, 0.3) is 0 Å². The molecule has 0 aliphatic carbocycles. The van der Waals surface area contributed by atoms with Crippen molar-refractivity contribution in [2.75, 3.05) is 0 Å². The Morgan fingerprint density at radius 2 is 2.75 bits per heavy atom. The molecule has 0 spiro atoms. The Morgan fingerprint density at radius 3 is 3.25 bits per heavy atom. The van der Waals surface area contributed by atoms with Gasteiger partial charge in [0, 0.05) is 6.42 Å². The van der Waals surface area contributed by atoms with Gasteiger partial charge in [0.1, 0.15) is 5.76 Å². The van der Waals surface area contributed by atoms with Crippen molar-refractivity contribution in [2.45, 2.75) is 13.3 Å². The van der Waals surface area contributed by atoms with E-state index in [0.717, 1.165) is 12.2 Å². The van der Waals surface area contributed by atoms with Crippen LogP contribution in [0.5, 0.6) is 0 Å². The molecule has 1 aromatic heterocycles. The third kappa shape index (κ3) is 1.12. The third-order valence-corrected chi connectivity index (χ3v) is 0.948. The monoisotopic (exact) mass is 110 g/mol. The van der Waals surface area contributed by atoms with Gasteiger partial charge < -0.3 is 4.42 Å². The minimum Gasteiger partial charge on any atom is -0.469 e. The third-order valence-electron chi connectivity index (χ3n) is 0.948. The molecule has 0 saturated carbocycles. The molecule has 0 N–H and O–H groups in total. The number of furan rings is 1. The second kappa shape index (κ2) is 2.55. The second-order valence-electron chi connectivity index (χ2n) is 1.63. The fraction of sp³-hybridized carbons (Fsp3) is 0.286. The molecule has 0 fully saturated rings. The van der Waals surface area contributed by atoms with Gasteiger partial charge in [-0.1, -0.05) is 6.92 Å². The van der Waals surface area contributed by atoms with E-state index in [-0.39, 0.29) is 1.43 Å². The zero-order valence-electron chi connectivity index (χ0n) is 5.92. The molecule has 1 aromatic rings. The lowest BCUT2D eigenvalue weighted by Gasteiger charge is -1.85. The Kier molecular flexibility index (Phi) is 1.73. The Labute approximate surface area is 50.8 Å². The molecule has 8 heavy (non-hydrogen) atoms. The molecule has 0 amide bonds. The Morgan fingerprint density at radius 1 is 1.88 bits per heavy atom. The molecule has 1 heteroatoms. The van der Waals surface area contributed by atoms with Crippen LogP contribution in [0.15, 0.2) is 22.8 Å². The highest BCUT2D eigenvalue weighted by atomic mass is 16.3. The van der Waals surface area contributed by atoms with Crippen LogP contribution in [0.1, 0.15) is 20.5 Å². The molecular weight excluding hydrogens is 100 g/mol. The van der Waals surface area contributed by atoms with Crippen molar-refractivity contribution in [1.82, 2.24) is 0 Å². The maximum absolute atomic E-state index is 5.02. The van der Waals surface area contributed by atoms with Gasteiger partial charge in [0.15, 0.2) is 0 Å². The average Bonchev–Trinajstić information content (AvgIpc) is 2.19. The summed E-state index contributed by atoms with van der Waals surface area (Å²) in [7, 11) is 0. The summed E-state index contributed by atoms with van der Waals surface area (Å²) in [5.74, 6) is 0.965. The van der Waals surface area contributed by atoms with Crippen molar-refractivity contribution >= 4 is 0 Å². The molecule has 0 aliphatic rings. The highest BCUT2D eigenvalue weighted by molar-refractivity contribution is 5.07. The predicted octanol–water partition coefficient (Wildman–Crippen LogP) is 2.35. The average molecular weight is 110 g/mol. The standard InChI is InChI=1S/C7H9O/c1-2-4-7-5-3-6-8-7/h3-6H,2H2,1H3/p+1. The first-order valence-electron chi connectivity index (χ1n) is 2.80. The summed E-state index contributed by atoms with van der Waals surface area (Å²) < 4.78 is 5.02. The summed E-state index contributed by atoms with van der Waals surface area (Å²) in [6.07, 6.45) is 4.76. The van der Waals surface area contributed by atoms with Gasteiger partial charge >= 0.3 is 1.43 Å². The van der Waals surface area contributed by atoms with Crippen molar-refractivity contribution < 1.29 is 5.84 Å². The predicted molar refractivity (Wildman–Crippen MR) is 33.5 cm³/mol. The molecule has 0 atom stereocenters. The van der Waals surface area contributed by atoms with E-state index in [4.69, 9.17) is 4.42 Å². The highest BCUT2D eigenvalue weighted by Gasteiger charge is 1.89. The van der Waals surface area contributed by atoms with Crippen LogP contribution in [0.3, 0.4) is 0 Å². The van der Waals surface area contributed by atoms with Crippen molar-refractivity contribution in [1.29, 1.82) is 0 Å². The quantitative estimate of drug-likeness (QED) is 0.569. The Hall–Kier alpha value is -0.720. The van der Waals surface area contributed by atoms with E-state index < -0.39 is 0 Å². The number of rotatable bonds is 2. The van der Waals surface area contributed by atoms with Crippen LogP contribution in [-0.2, 0) is 0 Å². The van der Waals surface area contributed by atoms with Gasteiger partial charge in [-0.25, -0.2) is 0 Å². The maximum Gasteiger partial charge on any atom is 1.00 e. The fourth-order valence-electron chi connectivity index (χ4n) is 0.609. The molecule has 1 radical (unpaired) electrons. The number of hydrogen-bond donors (Lipinski definition) is 0. The normalized spacial score (nSPS) is 9.62. The molecule has 0 bridgehead atoms. The summed E-state index contributed by atoms with van der Waals surface area (Å²) in [6.45, 7) is 2.09. The van der Waals surface area contributed by atoms with Crippen LogP contribution < -0.4 is 0 Å². The summed E-state index contributed by atoms with van der Waals surface area (Å²) in [4.78, 5) is 0. The second-order valence-corrected chi connectivity index (χ2v) is 1.63. The van der Waals surface area contributed by atoms with Crippen LogP contribution in [0.2, 0.25) is 0 Å². The van der Waals surface area contributed by atoms with Crippen LogP contribution >= 0.6 is 0 Å². The van der Waals surface area contributed by atoms with Crippen molar-refractivity contribution in [3.63, 3.8) is 0 Å². The molecule has 0 aromatic carbocycles. The van der Waals surface area contributed by atoms with E-state index in [0.29, 0.717) is 0 Å². The minimum atomic E-state index is 0. The fourth-order valence-corrected chi connectivity index (χ4v) is 0.609. The van der Waals surface area contributed by atoms with Gasteiger partial charge in [0.2, 0.25) is 0 Å². The molecule has 0 unspecified atom stereocenters. The lowest BCUT2D eigenvalue weighted by atomic mass is 10.3. The van der Waals surface area contributed by atoms with Crippen LogP contribution in [0.4, 0.5) is 0 Å². The maximum atomic E-state index is 5.02. The van der Waals surface area contributed by atoms with Gasteiger partial charge in [-0.05, 0) is 18.6 Å². The van der Waals surface area contributed by atoms with Gasteiger partial charge in [-0.15, -0.1) is 0 Å². The zero-order chi connectivity index (χ0) is 5.82. The van der Waals surface area contributed by atoms with Gasteiger partial charge in [0.25, 0.3) is 0 Å². The van der Waals surface area contributed by atoms with Gasteiger partial charge in [-0.2, -0.15) is 0 Å². The van der Waals surface area contributed by atoms with Crippen molar-refractivity contribution in [2.24, 2.45) is 0 Å². The first kappa shape index (κ1) is 5.42. The van der Waals surface area contributed by atoms with E-state index in [2.05, 4.69) is 6.92 Å². The molecule has 0 aliphatic heterocycles. The van der Waals surface area contributed by atoms with Gasteiger partial charge in [-0.3, -0.25) is 0 Å². The molecule has 43 valence electrons.